The van der Waals surface area contributed by atoms with Crippen molar-refractivity contribution in [2.75, 3.05) is 13.1 Å². The first kappa shape index (κ1) is 6.62. The first-order chi connectivity index (χ1) is 4.95. The molecule has 2 heteroatoms. The van der Waals surface area contributed by atoms with Crippen LogP contribution in [0.5, 0.6) is 0 Å². The molecule has 1 N–H and O–H groups in total. The fraction of sp³-hybridized carbons (Fsp3) is 1.00. The molecule has 2 aliphatic rings. The smallest absolute Gasteiger partial charge is 0.0715 e. The zero-order valence-electron chi connectivity index (χ0n) is 6.31. The van der Waals surface area contributed by atoms with Crippen molar-refractivity contribution >= 4 is 0 Å². The van der Waals surface area contributed by atoms with Gasteiger partial charge in [-0.25, -0.2) is 0 Å². The van der Waals surface area contributed by atoms with Gasteiger partial charge in [0.1, 0.15) is 0 Å². The van der Waals surface area contributed by atoms with Crippen LogP contribution in [0.4, 0.5) is 0 Å². The number of hydrogen-bond acceptors (Lipinski definition) is 2. The van der Waals surface area contributed by atoms with Gasteiger partial charge in [-0.2, -0.15) is 0 Å². The van der Waals surface area contributed by atoms with Gasteiger partial charge in [0, 0.05) is 6.54 Å². The summed E-state index contributed by atoms with van der Waals surface area (Å²) < 4.78 is 5.78. The molecule has 1 atom stereocenters. The predicted octanol–water partition coefficient (Wildman–Crippen LogP) is 0.917. The Morgan fingerprint density at radius 3 is 2.50 bits per heavy atom. The highest BCUT2D eigenvalue weighted by atomic mass is 16.5. The first-order valence-corrected chi connectivity index (χ1v) is 4.31. The summed E-state index contributed by atoms with van der Waals surface area (Å²) in [5.41, 5.74) is 0. The van der Waals surface area contributed by atoms with E-state index < -0.39 is 0 Å². The maximum atomic E-state index is 5.78. The van der Waals surface area contributed by atoms with Crippen LogP contribution in [0, 0.1) is 0 Å². The largest absolute Gasteiger partial charge is 0.374 e. The number of ether oxygens (including phenoxy) is 1. The lowest BCUT2D eigenvalue weighted by molar-refractivity contribution is -0.0418. The second-order valence-corrected chi connectivity index (χ2v) is 3.30. The van der Waals surface area contributed by atoms with Crippen LogP contribution in [0.25, 0.3) is 0 Å². The lowest BCUT2D eigenvalue weighted by Gasteiger charge is -2.28. The zero-order valence-corrected chi connectivity index (χ0v) is 6.31. The van der Waals surface area contributed by atoms with Crippen LogP contribution in [0.1, 0.15) is 25.7 Å². The summed E-state index contributed by atoms with van der Waals surface area (Å²) >= 11 is 0. The summed E-state index contributed by atoms with van der Waals surface area (Å²) in [6.45, 7) is 2.23. The zero-order chi connectivity index (χ0) is 6.81. The van der Waals surface area contributed by atoms with Crippen molar-refractivity contribution < 1.29 is 4.74 Å². The van der Waals surface area contributed by atoms with Gasteiger partial charge in [0.25, 0.3) is 0 Å². The van der Waals surface area contributed by atoms with Gasteiger partial charge in [0.05, 0.1) is 12.2 Å². The van der Waals surface area contributed by atoms with Gasteiger partial charge in [-0.3, -0.25) is 0 Å². The van der Waals surface area contributed by atoms with Gasteiger partial charge in [-0.05, 0) is 32.2 Å². The van der Waals surface area contributed by atoms with E-state index in [1.54, 1.807) is 0 Å². The minimum atomic E-state index is 0.533. The Hall–Kier alpha value is -0.0800. The Kier molecular flexibility index (Phi) is 1.91. The highest BCUT2D eigenvalue weighted by Crippen LogP contribution is 2.24. The average molecular weight is 141 g/mol. The molecule has 0 aromatic carbocycles. The molecule has 1 aliphatic heterocycles. The third-order valence-electron chi connectivity index (χ3n) is 2.45. The molecular formula is C8H15NO. The van der Waals surface area contributed by atoms with Crippen molar-refractivity contribution in [3.05, 3.63) is 0 Å². The standard InChI is InChI=1S/C8H15NO/c1-2-7(3-1)10-8-4-5-9-6-8/h7-9H,1-6H2. The van der Waals surface area contributed by atoms with Crippen LogP contribution in [0.3, 0.4) is 0 Å². The molecular weight excluding hydrogens is 126 g/mol. The molecule has 2 fully saturated rings. The van der Waals surface area contributed by atoms with Crippen LogP contribution >= 0.6 is 0 Å². The molecule has 1 saturated carbocycles. The molecule has 1 aliphatic carbocycles. The van der Waals surface area contributed by atoms with E-state index in [1.807, 2.05) is 0 Å². The maximum Gasteiger partial charge on any atom is 0.0715 e. The fourth-order valence-corrected chi connectivity index (χ4v) is 1.52. The van der Waals surface area contributed by atoms with Crippen LogP contribution in [0.15, 0.2) is 0 Å². The monoisotopic (exact) mass is 141 g/mol. The Morgan fingerprint density at radius 2 is 2.00 bits per heavy atom. The molecule has 0 spiro atoms. The lowest BCUT2D eigenvalue weighted by Crippen LogP contribution is -2.28. The van der Waals surface area contributed by atoms with Gasteiger partial charge >= 0.3 is 0 Å². The van der Waals surface area contributed by atoms with Crippen LogP contribution in [-0.4, -0.2) is 25.3 Å². The quantitative estimate of drug-likeness (QED) is 0.617. The Morgan fingerprint density at radius 1 is 1.10 bits per heavy atom. The summed E-state index contributed by atoms with van der Waals surface area (Å²) in [5.74, 6) is 0. The molecule has 1 unspecified atom stereocenters. The molecule has 1 saturated heterocycles. The van der Waals surface area contributed by atoms with Crippen molar-refractivity contribution in [1.29, 1.82) is 0 Å². The van der Waals surface area contributed by atoms with Crippen molar-refractivity contribution in [1.82, 2.24) is 5.32 Å². The molecule has 0 bridgehead atoms. The van der Waals surface area contributed by atoms with E-state index in [9.17, 15) is 0 Å². The second kappa shape index (κ2) is 2.89. The van der Waals surface area contributed by atoms with E-state index in [2.05, 4.69) is 5.32 Å². The molecule has 0 radical (unpaired) electrons. The minimum Gasteiger partial charge on any atom is -0.374 e. The summed E-state index contributed by atoms with van der Waals surface area (Å²) in [5, 5.41) is 3.30. The fourth-order valence-electron chi connectivity index (χ4n) is 1.52. The third-order valence-corrected chi connectivity index (χ3v) is 2.45. The Bertz CT molecular complexity index is 106. The molecule has 10 heavy (non-hydrogen) atoms. The van der Waals surface area contributed by atoms with E-state index in [0.29, 0.717) is 12.2 Å². The van der Waals surface area contributed by atoms with Gasteiger partial charge < -0.3 is 10.1 Å². The van der Waals surface area contributed by atoms with E-state index in [4.69, 9.17) is 4.74 Å². The van der Waals surface area contributed by atoms with Crippen LogP contribution in [0.2, 0.25) is 0 Å². The SMILES string of the molecule is C1CC(OC2CCNC2)C1. The van der Waals surface area contributed by atoms with E-state index in [1.165, 1.54) is 25.7 Å². The molecule has 0 amide bonds. The summed E-state index contributed by atoms with van der Waals surface area (Å²) in [7, 11) is 0. The van der Waals surface area contributed by atoms with Gasteiger partial charge in [-0.15, -0.1) is 0 Å². The van der Waals surface area contributed by atoms with Crippen molar-refractivity contribution in [2.24, 2.45) is 0 Å². The first-order valence-electron chi connectivity index (χ1n) is 4.31. The third kappa shape index (κ3) is 1.32. The molecule has 1 heterocycles. The van der Waals surface area contributed by atoms with Gasteiger partial charge in [0.15, 0.2) is 0 Å². The van der Waals surface area contributed by atoms with E-state index in [0.717, 1.165) is 13.1 Å². The highest BCUT2D eigenvalue weighted by Gasteiger charge is 2.24. The van der Waals surface area contributed by atoms with E-state index >= 15 is 0 Å². The summed E-state index contributed by atoms with van der Waals surface area (Å²) in [4.78, 5) is 0. The average Bonchev–Trinajstić information content (AvgIpc) is 2.29. The topological polar surface area (TPSA) is 21.3 Å². The van der Waals surface area contributed by atoms with Crippen molar-refractivity contribution in [3.63, 3.8) is 0 Å². The predicted molar refractivity (Wildman–Crippen MR) is 40.0 cm³/mol. The highest BCUT2D eigenvalue weighted by molar-refractivity contribution is 4.76. The number of hydrogen-bond donors (Lipinski definition) is 1. The minimum absolute atomic E-state index is 0.533. The van der Waals surface area contributed by atoms with Crippen molar-refractivity contribution in [2.45, 2.75) is 37.9 Å². The van der Waals surface area contributed by atoms with E-state index in [-0.39, 0.29) is 0 Å². The van der Waals surface area contributed by atoms with Gasteiger partial charge in [0.2, 0.25) is 0 Å². The molecule has 2 rings (SSSR count). The number of nitrogens with one attached hydrogen (secondary N) is 1. The molecule has 2 nitrogen and oxygen atoms in total. The normalized spacial score (nSPS) is 34.2. The van der Waals surface area contributed by atoms with Crippen LogP contribution in [-0.2, 0) is 4.74 Å². The second-order valence-electron chi connectivity index (χ2n) is 3.30. The number of rotatable bonds is 2. The molecule has 0 aromatic heterocycles. The lowest BCUT2D eigenvalue weighted by atomic mass is 9.96. The Labute approximate surface area is 61.9 Å². The van der Waals surface area contributed by atoms with Crippen LogP contribution < -0.4 is 5.32 Å². The summed E-state index contributed by atoms with van der Waals surface area (Å²) in [6.07, 6.45) is 6.35. The van der Waals surface area contributed by atoms with Crippen molar-refractivity contribution in [3.8, 4) is 0 Å². The maximum absolute atomic E-state index is 5.78. The van der Waals surface area contributed by atoms with Gasteiger partial charge in [-0.1, -0.05) is 0 Å². The Balaban J connectivity index is 1.68. The summed E-state index contributed by atoms with van der Waals surface area (Å²) in [6, 6.07) is 0. The molecule has 0 aromatic rings. The molecule has 58 valence electrons.